The Morgan fingerprint density at radius 1 is 1.36 bits per heavy atom. The van der Waals surface area contributed by atoms with Gasteiger partial charge in [-0.05, 0) is 38.6 Å². The van der Waals surface area contributed by atoms with Crippen LogP contribution in [0, 0.1) is 20.8 Å². The van der Waals surface area contributed by atoms with Gasteiger partial charge in [0.2, 0.25) is 0 Å². The molecule has 0 saturated carbocycles. The second kappa shape index (κ2) is 6.45. The van der Waals surface area contributed by atoms with E-state index in [1.807, 2.05) is 34.0 Å². The molecular weight excluding hydrogens is 320 g/mol. The number of nitrogens with one attached hydrogen (secondary N) is 2. The van der Waals surface area contributed by atoms with Crippen molar-refractivity contribution in [1.82, 2.24) is 9.78 Å². The van der Waals surface area contributed by atoms with Crippen molar-refractivity contribution < 1.29 is 9.53 Å². The molecule has 0 spiro atoms. The first kappa shape index (κ1) is 16.4. The van der Waals surface area contributed by atoms with Crippen molar-refractivity contribution >= 4 is 45.3 Å². The molecule has 22 heavy (non-hydrogen) atoms. The predicted molar refractivity (Wildman–Crippen MR) is 92.9 cm³/mol. The third-order valence-electron chi connectivity index (χ3n) is 3.26. The minimum absolute atomic E-state index is 0.371. The predicted octanol–water partition coefficient (Wildman–Crippen LogP) is 3.00. The van der Waals surface area contributed by atoms with Gasteiger partial charge in [0, 0.05) is 18.1 Å². The molecule has 2 rings (SSSR count). The molecule has 0 aliphatic heterocycles. The normalized spacial score (nSPS) is 10.4. The van der Waals surface area contributed by atoms with Crippen LogP contribution in [-0.4, -0.2) is 28.0 Å². The summed E-state index contributed by atoms with van der Waals surface area (Å²) in [7, 11) is 3.21. The van der Waals surface area contributed by atoms with Crippen molar-refractivity contribution in [1.29, 1.82) is 0 Å². The molecule has 6 nitrogen and oxygen atoms in total. The number of thiophene rings is 1. The van der Waals surface area contributed by atoms with Gasteiger partial charge in [-0.15, -0.1) is 11.3 Å². The van der Waals surface area contributed by atoms with Crippen LogP contribution < -0.4 is 10.6 Å². The SMILES string of the molecule is COC(=O)c1c(NC(=S)Nc2cn(C)nc2C)sc(C)c1C. The zero-order valence-electron chi connectivity index (χ0n) is 13.1. The number of aromatic nitrogens is 2. The van der Waals surface area contributed by atoms with Gasteiger partial charge < -0.3 is 15.4 Å². The van der Waals surface area contributed by atoms with Crippen molar-refractivity contribution in [3.63, 3.8) is 0 Å². The third kappa shape index (κ3) is 3.28. The lowest BCUT2D eigenvalue weighted by Crippen LogP contribution is -2.20. The van der Waals surface area contributed by atoms with E-state index in [0.29, 0.717) is 15.7 Å². The molecule has 2 N–H and O–H groups in total. The largest absolute Gasteiger partial charge is 0.465 e. The van der Waals surface area contributed by atoms with E-state index >= 15 is 0 Å². The van der Waals surface area contributed by atoms with Gasteiger partial charge in [0.1, 0.15) is 5.00 Å². The lowest BCUT2D eigenvalue weighted by atomic mass is 10.1. The molecule has 2 aromatic heterocycles. The summed E-state index contributed by atoms with van der Waals surface area (Å²) >= 11 is 6.79. The van der Waals surface area contributed by atoms with Gasteiger partial charge in [0.15, 0.2) is 5.11 Å². The Morgan fingerprint density at radius 2 is 2.05 bits per heavy atom. The van der Waals surface area contributed by atoms with E-state index in [1.54, 1.807) is 4.68 Å². The van der Waals surface area contributed by atoms with Gasteiger partial charge in [0.25, 0.3) is 0 Å². The summed E-state index contributed by atoms with van der Waals surface area (Å²) in [6.45, 7) is 5.74. The molecule has 0 aromatic carbocycles. The fraction of sp³-hybridized carbons (Fsp3) is 0.357. The lowest BCUT2D eigenvalue weighted by Gasteiger charge is -2.09. The fourth-order valence-corrected chi connectivity index (χ4v) is 3.37. The van der Waals surface area contributed by atoms with Gasteiger partial charge in [-0.25, -0.2) is 4.79 Å². The van der Waals surface area contributed by atoms with Gasteiger partial charge in [0.05, 0.1) is 24.1 Å². The number of anilines is 2. The van der Waals surface area contributed by atoms with Crippen LogP contribution >= 0.6 is 23.6 Å². The van der Waals surface area contributed by atoms with Crippen LogP contribution in [0.2, 0.25) is 0 Å². The lowest BCUT2D eigenvalue weighted by molar-refractivity contribution is 0.0601. The number of rotatable bonds is 3. The molecule has 0 aliphatic carbocycles. The average molecular weight is 338 g/mol. The molecule has 0 saturated heterocycles. The van der Waals surface area contributed by atoms with Crippen molar-refractivity contribution in [2.75, 3.05) is 17.7 Å². The molecule has 8 heteroatoms. The van der Waals surface area contributed by atoms with Crippen LogP contribution in [0.15, 0.2) is 6.20 Å². The smallest absolute Gasteiger partial charge is 0.341 e. The Hall–Kier alpha value is -1.93. The maximum atomic E-state index is 11.9. The molecule has 0 radical (unpaired) electrons. The summed E-state index contributed by atoms with van der Waals surface area (Å²) in [4.78, 5) is 13.0. The maximum Gasteiger partial charge on any atom is 0.341 e. The Morgan fingerprint density at radius 3 is 2.59 bits per heavy atom. The number of aryl methyl sites for hydroxylation is 3. The molecule has 2 aromatic rings. The van der Waals surface area contributed by atoms with E-state index in [-0.39, 0.29) is 5.97 Å². The molecule has 0 bridgehead atoms. The van der Waals surface area contributed by atoms with Crippen molar-refractivity contribution in [3.8, 4) is 0 Å². The second-order valence-corrected chi connectivity index (χ2v) is 6.49. The molecule has 0 unspecified atom stereocenters. The van der Waals surface area contributed by atoms with Crippen LogP contribution in [0.4, 0.5) is 10.7 Å². The highest BCUT2D eigenvalue weighted by Crippen LogP contribution is 2.33. The molecule has 2 heterocycles. The van der Waals surface area contributed by atoms with E-state index in [4.69, 9.17) is 17.0 Å². The van der Waals surface area contributed by atoms with Crippen LogP contribution in [0.25, 0.3) is 0 Å². The highest BCUT2D eigenvalue weighted by atomic mass is 32.1. The Kier molecular flexibility index (Phi) is 4.82. The first-order valence-electron chi connectivity index (χ1n) is 6.60. The summed E-state index contributed by atoms with van der Waals surface area (Å²) in [5.41, 5.74) is 3.10. The van der Waals surface area contributed by atoms with E-state index in [2.05, 4.69) is 15.7 Å². The highest BCUT2D eigenvalue weighted by molar-refractivity contribution is 7.80. The molecule has 0 amide bonds. The summed E-state index contributed by atoms with van der Waals surface area (Å²) in [5, 5.41) is 11.5. The molecule has 0 atom stereocenters. The second-order valence-electron chi connectivity index (χ2n) is 4.86. The first-order chi connectivity index (χ1) is 10.3. The monoisotopic (exact) mass is 338 g/mol. The number of ether oxygens (including phenoxy) is 1. The summed E-state index contributed by atoms with van der Waals surface area (Å²) in [6, 6.07) is 0. The number of esters is 1. The van der Waals surface area contributed by atoms with Gasteiger partial charge in [-0.1, -0.05) is 0 Å². The number of methoxy groups -OCH3 is 1. The van der Waals surface area contributed by atoms with Crippen LogP contribution in [0.3, 0.4) is 0 Å². The molecule has 118 valence electrons. The van der Waals surface area contributed by atoms with Crippen molar-refractivity contribution in [2.24, 2.45) is 7.05 Å². The van der Waals surface area contributed by atoms with E-state index in [0.717, 1.165) is 21.8 Å². The molecular formula is C14H18N4O2S2. The van der Waals surface area contributed by atoms with Crippen LogP contribution in [0.1, 0.15) is 26.5 Å². The molecule has 0 aliphatic rings. The van der Waals surface area contributed by atoms with Crippen molar-refractivity contribution in [3.05, 3.63) is 27.9 Å². The van der Waals surface area contributed by atoms with Crippen LogP contribution in [0.5, 0.6) is 0 Å². The number of hydrogen-bond acceptors (Lipinski definition) is 5. The topological polar surface area (TPSA) is 68.2 Å². The van der Waals surface area contributed by atoms with Gasteiger partial charge in [-0.2, -0.15) is 5.10 Å². The standard InChI is InChI=1S/C14H18N4O2S2/c1-7-9(3)22-12(11(7)13(19)20-5)16-14(21)15-10-6-18(4)17-8(10)2/h6H,1-5H3,(H2,15,16,21). The Balaban J connectivity index is 2.20. The number of carbonyl (C=O) groups excluding carboxylic acids is 1. The Bertz CT molecular complexity index is 734. The minimum atomic E-state index is -0.371. The van der Waals surface area contributed by atoms with Crippen molar-refractivity contribution in [2.45, 2.75) is 20.8 Å². The van der Waals surface area contributed by atoms with E-state index < -0.39 is 0 Å². The summed E-state index contributed by atoms with van der Waals surface area (Å²) < 4.78 is 6.55. The zero-order valence-corrected chi connectivity index (χ0v) is 14.7. The average Bonchev–Trinajstić information content (AvgIpc) is 2.89. The number of thiocarbonyl (C=S) groups is 1. The van der Waals surface area contributed by atoms with E-state index in [1.165, 1.54) is 18.4 Å². The number of hydrogen-bond donors (Lipinski definition) is 2. The Labute approximate surface area is 138 Å². The van der Waals surface area contributed by atoms with Crippen LogP contribution in [-0.2, 0) is 11.8 Å². The quantitative estimate of drug-likeness (QED) is 0.662. The first-order valence-corrected chi connectivity index (χ1v) is 7.82. The fourth-order valence-electron chi connectivity index (χ4n) is 2.04. The minimum Gasteiger partial charge on any atom is -0.465 e. The van der Waals surface area contributed by atoms with E-state index in [9.17, 15) is 4.79 Å². The zero-order chi connectivity index (χ0) is 16.4. The van der Waals surface area contributed by atoms with Gasteiger partial charge in [-0.3, -0.25) is 4.68 Å². The van der Waals surface area contributed by atoms with Gasteiger partial charge >= 0.3 is 5.97 Å². The maximum absolute atomic E-state index is 11.9. The molecule has 0 fully saturated rings. The summed E-state index contributed by atoms with van der Waals surface area (Å²) in [5.74, 6) is -0.371. The third-order valence-corrected chi connectivity index (χ3v) is 4.59. The summed E-state index contributed by atoms with van der Waals surface area (Å²) in [6.07, 6.45) is 1.84. The number of nitrogens with zero attached hydrogens (tertiary/aromatic N) is 2. The highest BCUT2D eigenvalue weighted by Gasteiger charge is 2.21. The number of carbonyl (C=O) groups is 1.